The van der Waals surface area contributed by atoms with E-state index < -0.39 is 5.41 Å². The molecule has 0 saturated heterocycles. The molecule has 0 radical (unpaired) electrons. The third-order valence-electron chi connectivity index (χ3n) is 5.23. The molecule has 1 rings (SSSR count). The average molecular weight is 297 g/mol. The molecule has 0 spiro atoms. The van der Waals surface area contributed by atoms with Crippen molar-refractivity contribution in [2.24, 2.45) is 28.1 Å². The zero-order chi connectivity index (χ0) is 16.0. The van der Waals surface area contributed by atoms with Gasteiger partial charge in [-0.15, -0.1) is 0 Å². The molecular formula is C16H31N3O2. The van der Waals surface area contributed by atoms with E-state index in [2.05, 4.69) is 24.3 Å². The lowest BCUT2D eigenvalue weighted by Crippen LogP contribution is -2.54. The Labute approximate surface area is 128 Å². The maximum absolute atomic E-state index is 12.8. The summed E-state index contributed by atoms with van der Waals surface area (Å²) in [5.74, 6) is 0.987. The second-order valence-corrected chi connectivity index (χ2v) is 6.55. The number of rotatable bonds is 6. The number of nitrogens with two attached hydrogens (primary N) is 1. The summed E-state index contributed by atoms with van der Waals surface area (Å²) in [5, 5.41) is 15.3. The lowest BCUT2D eigenvalue weighted by atomic mass is 9.75. The first-order valence-corrected chi connectivity index (χ1v) is 8.21. The van der Waals surface area contributed by atoms with Gasteiger partial charge >= 0.3 is 0 Å². The highest BCUT2D eigenvalue weighted by Gasteiger charge is 2.41. The van der Waals surface area contributed by atoms with E-state index in [0.29, 0.717) is 24.7 Å². The predicted octanol–water partition coefficient (Wildman–Crippen LogP) is 2.87. The van der Waals surface area contributed by atoms with Crippen molar-refractivity contribution in [3.05, 3.63) is 0 Å². The molecule has 5 nitrogen and oxygen atoms in total. The van der Waals surface area contributed by atoms with Gasteiger partial charge in [0.2, 0.25) is 5.91 Å². The third kappa shape index (κ3) is 3.69. The fourth-order valence-corrected chi connectivity index (χ4v) is 3.59. The summed E-state index contributed by atoms with van der Waals surface area (Å²) in [4.78, 5) is 12.8. The van der Waals surface area contributed by atoms with Crippen LogP contribution >= 0.6 is 0 Å². The van der Waals surface area contributed by atoms with Crippen LogP contribution in [0.5, 0.6) is 0 Å². The molecule has 0 aliphatic heterocycles. The molecule has 1 fully saturated rings. The molecule has 1 amide bonds. The topological polar surface area (TPSA) is 87.7 Å². The van der Waals surface area contributed by atoms with Crippen molar-refractivity contribution in [1.82, 2.24) is 5.32 Å². The van der Waals surface area contributed by atoms with Crippen LogP contribution in [0.15, 0.2) is 5.16 Å². The van der Waals surface area contributed by atoms with Crippen molar-refractivity contribution in [3.8, 4) is 0 Å². The molecule has 5 heteroatoms. The molecule has 21 heavy (non-hydrogen) atoms. The number of hydrogen-bond acceptors (Lipinski definition) is 3. The Morgan fingerprint density at radius 2 is 1.90 bits per heavy atom. The van der Waals surface area contributed by atoms with Gasteiger partial charge in [-0.2, -0.15) is 0 Å². The minimum atomic E-state index is -0.895. The van der Waals surface area contributed by atoms with Crippen LogP contribution in [-0.4, -0.2) is 23.0 Å². The SMILES string of the molecule is CCC(CC)(C(=O)NC1CCCCC1C(C)C)C(N)=NO. The van der Waals surface area contributed by atoms with Gasteiger partial charge in [-0.25, -0.2) is 0 Å². The van der Waals surface area contributed by atoms with Crippen LogP contribution in [0.25, 0.3) is 0 Å². The Hall–Kier alpha value is -1.26. The Morgan fingerprint density at radius 3 is 2.38 bits per heavy atom. The molecule has 0 bridgehead atoms. The number of nitrogens with one attached hydrogen (secondary N) is 1. The maximum Gasteiger partial charge on any atom is 0.234 e. The van der Waals surface area contributed by atoms with Crippen molar-refractivity contribution in [3.63, 3.8) is 0 Å². The summed E-state index contributed by atoms with van der Waals surface area (Å²) in [7, 11) is 0. The summed E-state index contributed by atoms with van der Waals surface area (Å²) >= 11 is 0. The lowest BCUT2D eigenvalue weighted by Gasteiger charge is -2.38. The third-order valence-corrected chi connectivity index (χ3v) is 5.23. The van der Waals surface area contributed by atoms with Crippen LogP contribution < -0.4 is 11.1 Å². The summed E-state index contributed by atoms with van der Waals surface area (Å²) in [6, 6.07) is 0.204. The zero-order valence-electron chi connectivity index (χ0n) is 13.9. The van der Waals surface area contributed by atoms with Gasteiger partial charge in [-0.3, -0.25) is 4.79 Å². The van der Waals surface area contributed by atoms with E-state index in [9.17, 15) is 4.79 Å². The highest BCUT2D eigenvalue weighted by Crippen LogP contribution is 2.32. The molecule has 0 aromatic heterocycles. The van der Waals surface area contributed by atoms with Gasteiger partial charge in [0.05, 0.1) is 0 Å². The number of carbonyl (C=O) groups excluding carboxylic acids is 1. The van der Waals surface area contributed by atoms with E-state index in [1.807, 2.05) is 13.8 Å². The van der Waals surface area contributed by atoms with Gasteiger partial charge in [-0.1, -0.05) is 45.7 Å². The van der Waals surface area contributed by atoms with E-state index >= 15 is 0 Å². The second-order valence-electron chi connectivity index (χ2n) is 6.55. The number of nitrogens with zero attached hydrogens (tertiary/aromatic N) is 1. The fraction of sp³-hybridized carbons (Fsp3) is 0.875. The standard InChI is InChI=1S/C16H31N3O2/c1-5-16(6-2,14(17)19-21)15(20)18-13-10-8-7-9-12(13)11(3)4/h11-13,21H,5-10H2,1-4H3,(H2,17,19)(H,18,20). The van der Waals surface area contributed by atoms with Gasteiger partial charge in [0.1, 0.15) is 5.41 Å². The second kappa shape index (κ2) is 7.66. The van der Waals surface area contributed by atoms with E-state index in [1.54, 1.807) is 0 Å². The van der Waals surface area contributed by atoms with Gasteiger partial charge in [-0.05, 0) is 37.5 Å². The van der Waals surface area contributed by atoms with Crippen LogP contribution in [0.3, 0.4) is 0 Å². The Morgan fingerprint density at radius 1 is 1.33 bits per heavy atom. The smallest absolute Gasteiger partial charge is 0.234 e. The summed E-state index contributed by atoms with van der Waals surface area (Å²) in [6.45, 7) is 8.24. The quantitative estimate of drug-likeness (QED) is 0.305. The van der Waals surface area contributed by atoms with E-state index in [4.69, 9.17) is 10.9 Å². The van der Waals surface area contributed by atoms with Crippen molar-refractivity contribution in [1.29, 1.82) is 0 Å². The predicted molar refractivity (Wildman–Crippen MR) is 85.2 cm³/mol. The number of oxime groups is 1. The van der Waals surface area contributed by atoms with Crippen molar-refractivity contribution < 1.29 is 10.0 Å². The largest absolute Gasteiger partial charge is 0.409 e. The van der Waals surface area contributed by atoms with Crippen LogP contribution in [0.2, 0.25) is 0 Å². The summed E-state index contributed by atoms with van der Waals surface area (Å²) in [6.07, 6.45) is 5.64. The molecule has 0 aromatic rings. The van der Waals surface area contributed by atoms with Crippen molar-refractivity contribution in [2.45, 2.75) is 72.3 Å². The number of amides is 1. The molecule has 2 unspecified atom stereocenters. The van der Waals surface area contributed by atoms with Crippen LogP contribution in [-0.2, 0) is 4.79 Å². The Bertz CT molecular complexity index is 376. The first-order chi connectivity index (χ1) is 9.92. The lowest BCUT2D eigenvalue weighted by molar-refractivity contribution is -0.129. The summed E-state index contributed by atoms with van der Waals surface area (Å²) in [5.41, 5.74) is 4.92. The molecule has 2 atom stereocenters. The first kappa shape index (κ1) is 17.8. The van der Waals surface area contributed by atoms with Gasteiger partial charge < -0.3 is 16.3 Å². The molecule has 1 aliphatic carbocycles. The van der Waals surface area contributed by atoms with Crippen molar-refractivity contribution in [2.75, 3.05) is 0 Å². The fourth-order valence-electron chi connectivity index (χ4n) is 3.59. The number of amidine groups is 1. The van der Waals surface area contributed by atoms with E-state index in [-0.39, 0.29) is 17.8 Å². The number of carbonyl (C=O) groups is 1. The van der Waals surface area contributed by atoms with E-state index in [1.165, 1.54) is 6.42 Å². The molecular weight excluding hydrogens is 266 g/mol. The molecule has 1 saturated carbocycles. The van der Waals surface area contributed by atoms with Crippen LogP contribution in [0, 0.1) is 17.3 Å². The highest BCUT2D eigenvalue weighted by molar-refractivity contribution is 6.06. The average Bonchev–Trinajstić information content (AvgIpc) is 2.49. The Balaban J connectivity index is 2.90. The molecule has 0 heterocycles. The van der Waals surface area contributed by atoms with Gasteiger partial charge in [0.15, 0.2) is 5.84 Å². The van der Waals surface area contributed by atoms with Gasteiger partial charge in [0, 0.05) is 6.04 Å². The molecule has 1 aliphatic rings. The van der Waals surface area contributed by atoms with E-state index in [0.717, 1.165) is 19.3 Å². The molecule has 4 N–H and O–H groups in total. The monoisotopic (exact) mass is 297 g/mol. The molecule has 122 valence electrons. The highest BCUT2D eigenvalue weighted by atomic mass is 16.4. The van der Waals surface area contributed by atoms with Crippen LogP contribution in [0.1, 0.15) is 66.2 Å². The Kier molecular flexibility index (Phi) is 6.49. The minimum absolute atomic E-state index is 0.0157. The minimum Gasteiger partial charge on any atom is -0.409 e. The number of hydrogen-bond donors (Lipinski definition) is 3. The maximum atomic E-state index is 12.8. The van der Waals surface area contributed by atoms with Gasteiger partial charge in [0.25, 0.3) is 0 Å². The molecule has 0 aromatic carbocycles. The van der Waals surface area contributed by atoms with Crippen LogP contribution in [0.4, 0.5) is 0 Å². The summed E-state index contributed by atoms with van der Waals surface area (Å²) < 4.78 is 0. The zero-order valence-corrected chi connectivity index (χ0v) is 13.9. The normalized spacial score (nSPS) is 24.1. The first-order valence-electron chi connectivity index (χ1n) is 8.21. The van der Waals surface area contributed by atoms with Crippen molar-refractivity contribution >= 4 is 11.7 Å².